The molecule has 96 valence electrons. The highest BCUT2D eigenvalue weighted by Gasteiger charge is 2.16. The number of benzene rings is 1. The third-order valence-electron chi connectivity index (χ3n) is 2.54. The molecule has 6 heteroatoms. The van der Waals surface area contributed by atoms with Crippen molar-refractivity contribution < 1.29 is 8.42 Å². The largest absolute Gasteiger partial charge is 0.241 e. The van der Waals surface area contributed by atoms with Crippen molar-refractivity contribution >= 4 is 37.3 Å². The van der Waals surface area contributed by atoms with Crippen LogP contribution in [0.1, 0.15) is 11.1 Å². The number of thiophene rings is 1. The molecule has 1 heterocycles. The summed E-state index contributed by atoms with van der Waals surface area (Å²) in [6.07, 6.45) is 0. The highest BCUT2D eigenvalue weighted by Crippen LogP contribution is 2.21. The molecule has 0 bridgehead atoms. The van der Waals surface area contributed by atoms with Crippen LogP contribution in [0.25, 0.3) is 0 Å². The van der Waals surface area contributed by atoms with Crippen LogP contribution >= 0.6 is 27.3 Å². The highest BCUT2D eigenvalue weighted by molar-refractivity contribution is 9.10. The van der Waals surface area contributed by atoms with Gasteiger partial charge in [-0.2, -0.15) is 11.3 Å². The summed E-state index contributed by atoms with van der Waals surface area (Å²) in [7, 11) is -3.48. The summed E-state index contributed by atoms with van der Waals surface area (Å²) in [4.78, 5) is 0.262. The van der Waals surface area contributed by atoms with Crippen molar-refractivity contribution in [3.8, 4) is 0 Å². The van der Waals surface area contributed by atoms with E-state index < -0.39 is 10.0 Å². The summed E-state index contributed by atoms with van der Waals surface area (Å²) in [5.74, 6) is 0. The Bertz CT molecular complexity index is 650. The van der Waals surface area contributed by atoms with E-state index >= 15 is 0 Å². The average Bonchev–Trinajstić information content (AvgIpc) is 2.73. The van der Waals surface area contributed by atoms with Crippen LogP contribution in [0.5, 0.6) is 0 Å². The first-order chi connectivity index (χ1) is 8.50. The Labute approximate surface area is 119 Å². The van der Waals surface area contributed by atoms with Crippen molar-refractivity contribution in [2.75, 3.05) is 0 Å². The normalized spacial score (nSPS) is 11.7. The minimum atomic E-state index is -3.48. The van der Waals surface area contributed by atoms with Gasteiger partial charge in [-0.1, -0.05) is 12.1 Å². The van der Waals surface area contributed by atoms with Crippen molar-refractivity contribution in [2.24, 2.45) is 0 Å². The minimum absolute atomic E-state index is 0.262. The van der Waals surface area contributed by atoms with Crippen LogP contribution in [0, 0.1) is 6.92 Å². The van der Waals surface area contributed by atoms with E-state index in [4.69, 9.17) is 0 Å². The van der Waals surface area contributed by atoms with Crippen LogP contribution in [-0.4, -0.2) is 8.42 Å². The Morgan fingerprint density at radius 2 is 2.00 bits per heavy atom. The number of hydrogen-bond donors (Lipinski definition) is 1. The molecule has 1 aromatic heterocycles. The quantitative estimate of drug-likeness (QED) is 0.923. The minimum Gasteiger partial charge on any atom is -0.207 e. The van der Waals surface area contributed by atoms with Crippen LogP contribution in [0.4, 0.5) is 0 Å². The number of sulfonamides is 1. The molecule has 0 amide bonds. The molecule has 0 radical (unpaired) electrons. The molecule has 0 unspecified atom stereocenters. The van der Waals surface area contributed by atoms with Gasteiger partial charge in [0.1, 0.15) is 0 Å². The first kappa shape index (κ1) is 13.7. The van der Waals surface area contributed by atoms with Gasteiger partial charge in [0, 0.05) is 11.0 Å². The SMILES string of the molecule is Cc1cscc1CNS(=O)(=O)c1ccccc1Br. The predicted molar refractivity (Wildman–Crippen MR) is 77.2 cm³/mol. The topological polar surface area (TPSA) is 46.2 Å². The molecule has 18 heavy (non-hydrogen) atoms. The van der Waals surface area contributed by atoms with Crippen molar-refractivity contribution in [2.45, 2.75) is 18.4 Å². The third-order valence-corrected chi connectivity index (χ3v) is 5.86. The van der Waals surface area contributed by atoms with Crippen molar-refractivity contribution in [1.29, 1.82) is 0 Å². The molecule has 0 aliphatic rings. The second-order valence-electron chi connectivity index (χ2n) is 3.84. The second kappa shape index (κ2) is 5.52. The standard InChI is InChI=1S/C12H12BrNO2S2/c1-9-7-17-8-10(9)6-14-18(15,16)12-5-3-2-4-11(12)13/h2-5,7-8,14H,6H2,1H3. The fourth-order valence-electron chi connectivity index (χ4n) is 1.48. The van der Waals surface area contributed by atoms with Gasteiger partial charge in [-0.3, -0.25) is 0 Å². The van der Waals surface area contributed by atoms with E-state index in [-0.39, 0.29) is 4.90 Å². The first-order valence-electron chi connectivity index (χ1n) is 5.26. The maximum absolute atomic E-state index is 12.1. The Hall–Kier alpha value is -0.690. The number of hydrogen-bond acceptors (Lipinski definition) is 3. The third kappa shape index (κ3) is 3.00. The number of rotatable bonds is 4. The molecule has 3 nitrogen and oxygen atoms in total. The van der Waals surface area contributed by atoms with Gasteiger partial charge in [0.25, 0.3) is 0 Å². The number of aryl methyl sites for hydroxylation is 1. The molecule has 1 N–H and O–H groups in total. The van der Waals surface area contributed by atoms with E-state index in [0.717, 1.165) is 11.1 Å². The van der Waals surface area contributed by atoms with Gasteiger partial charge in [-0.15, -0.1) is 0 Å². The second-order valence-corrected chi connectivity index (χ2v) is 7.17. The molecule has 0 spiro atoms. The lowest BCUT2D eigenvalue weighted by Crippen LogP contribution is -2.23. The molecule has 2 aromatic rings. The Morgan fingerprint density at radius 3 is 2.61 bits per heavy atom. The maximum Gasteiger partial charge on any atom is 0.241 e. The molecule has 0 aliphatic carbocycles. The lowest BCUT2D eigenvalue weighted by molar-refractivity contribution is 0.581. The first-order valence-corrected chi connectivity index (χ1v) is 8.48. The summed E-state index contributed by atoms with van der Waals surface area (Å²) >= 11 is 4.82. The number of nitrogens with one attached hydrogen (secondary N) is 1. The Balaban J connectivity index is 2.19. The van der Waals surface area contributed by atoms with Gasteiger partial charge in [0.05, 0.1) is 4.90 Å². The van der Waals surface area contributed by atoms with E-state index in [9.17, 15) is 8.42 Å². The molecule has 2 rings (SSSR count). The van der Waals surface area contributed by atoms with Gasteiger partial charge in [-0.25, -0.2) is 13.1 Å². The highest BCUT2D eigenvalue weighted by atomic mass is 79.9. The van der Waals surface area contributed by atoms with Gasteiger partial charge in [0.15, 0.2) is 0 Å². The fraction of sp³-hybridized carbons (Fsp3) is 0.167. The predicted octanol–water partition coefficient (Wildman–Crippen LogP) is 3.30. The smallest absolute Gasteiger partial charge is 0.207 e. The Morgan fingerprint density at radius 1 is 1.28 bits per heavy atom. The molecule has 0 atom stereocenters. The summed E-state index contributed by atoms with van der Waals surface area (Å²) in [6.45, 7) is 2.29. The molecule has 0 saturated carbocycles. The summed E-state index contributed by atoms with van der Waals surface area (Å²) in [5.41, 5.74) is 2.12. The molecule has 0 aliphatic heterocycles. The van der Waals surface area contributed by atoms with Crippen molar-refractivity contribution in [1.82, 2.24) is 4.72 Å². The van der Waals surface area contributed by atoms with Crippen LogP contribution in [0.2, 0.25) is 0 Å². The maximum atomic E-state index is 12.1. The van der Waals surface area contributed by atoms with E-state index in [1.807, 2.05) is 17.7 Å². The zero-order valence-electron chi connectivity index (χ0n) is 9.68. The van der Waals surface area contributed by atoms with E-state index in [2.05, 4.69) is 20.7 Å². The van der Waals surface area contributed by atoms with Crippen LogP contribution < -0.4 is 4.72 Å². The average molecular weight is 346 g/mol. The van der Waals surface area contributed by atoms with Crippen LogP contribution in [0.15, 0.2) is 44.4 Å². The van der Waals surface area contributed by atoms with Crippen molar-refractivity contribution in [3.05, 3.63) is 50.6 Å². The van der Waals surface area contributed by atoms with Gasteiger partial charge in [0.2, 0.25) is 10.0 Å². The zero-order valence-corrected chi connectivity index (χ0v) is 12.9. The monoisotopic (exact) mass is 345 g/mol. The van der Waals surface area contributed by atoms with Gasteiger partial charge < -0.3 is 0 Å². The number of halogens is 1. The van der Waals surface area contributed by atoms with E-state index in [1.54, 1.807) is 35.6 Å². The molecule has 0 saturated heterocycles. The van der Waals surface area contributed by atoms with Crippen molar-refractivity contribution in [3.63, 3.8) is 0 Å². The Kier molecular flexibility index (Phi) is 4.21. The fourth-order valence-corrected chi connectivity index (χ4v) is 4.35. The van der Waals surface area contributed by atoms with Gasteiger partial charge >= 0.3 is 0 Å². The zero-order chi connectivity index (χ0) is 13.2. The van der Waals surface area contributed by atoms with E-state index in [1.165, 1.54) is 0 Å². The van der Waals surface area contributed by atoms with E-state index in [0.29, 0.717) is 11.0 Å². The van der Waals surface area contributed by atoms with Gasteiger partial charge in [-0.05, 0) is 56.9 Å². The summed E-state index contributed by atoms with van der Waals surface area (Å²) in [5, 5.41) is 3.96. The lowest BCUT2D eigenvalue weighted by atomic mass is 10.2. The summed E-state index contributed by atoms with van der Waals surface area (Å²) in [6, 6.07) is 6.78. The van der Waals surface area contributed by atoms with Crippen LogP contribution in [-0.2, 0) is 16.6 Å². The van der Waals surface area contributed by atoms with Crippen LogP contribution in [0.3, 0.4) is 0 Å². The lowest BCUT2D eigenvalue weighted by Gasteiger charge is -2.08. The molecule has 1 aromatic carbocycles. The summed E-state index contributed by atoms with van der Waals surface area (Å²) < 4.78 is 27.4. The molecular weight excluding hydrogens is 334 g/mol. The molecule has 0 fully saturated rings. The molecular formula is C12H12BrNO2S2.